The summed E-state index contributed by atoms with van der Waals surface area (Å²) in [4.78, 5) is 6.56. The highest BCUT2D eigenvalue weighted by Gasteiger charge is 2.25. The largest absolute Gasteiger partial charge is 0.371 e. The molecule has 2 aromatic rings. The van der Waals surface area contributed by atoms with Crippen molar-refractivity contribution in [1.82, 2.24) is 20.8 Å². The fraction of sp³-hybridized carbons (Fsp3) is 0.556. The van der Waals surface area contributed by atoms with Crippen molar-refractivity contribution < 1.29 is 8.91 Å². The molecule has 1 atom stereocenters. The van der Waals surface area contributed by atoms with Crippen molar-refractivity contribution in [3.63, 3.8) is 0 Å². The fourth-order valence-electron chi connectivity index (χ4n) is 3.78. The molecule has 25 heavy (non-hydrogen) atoms. The van der Waals surface area contributed by atoms with Crippen LogP contribution in [0.4, 0.5) is 10.1 Å². The molecule has 0 aliphatic carbocycles. The zero-order valence-electron chi connectivity index (χ0n) is 14.5. The van der Waals surface area contributed by atoms with Gasteiger partial charge in [-0.3, -0.25) is 0 Å². The SMILES string of the molecule is Cc1noc(-c2cc(F)ccc2N2CCC(NC3CCNC3)CC2)n1. The van der Waals surface area contributed by atoms with E-state index in [1.807, 2.05) is 6.07 Å². The molecule has 7 heteroatoms. The molecule has 1 unspecified atom stereocenters. The molecular weight excluding hydrogens is 321 g/mol. The topological polar surface area (TPSA) is 66.2 Å². The Morgan fingerprint density at radius 3 is 2.76 bits per heavy atom. The molecular formula is C18H24FN5O. The highest BCUT2D eigenvalue weighted by molar-refractivity contribution is 5.73. The lowest BCUT2D eigenvalue weighted by molar-refractivity contribution is 0.375. The zero-order chi connectivity index (χ0) is 17.2. The molecule has 4 rings (SSSR count). The molecule has 1 aromatic heterocycles. The Morgan fingerprint density at radius 2 is 2.08 bits per heavy atom. The lowest BCUT2D eigenvalue weighted by Gasteiger charge is -2.35. The normalized spacial score (nSPS) is 21.8. The van der Waals surface area contributed by atoms with Crippen LogP contribution >= 0.6 is 0 Å². The zero-order valence-corrected chi connectivity index (χ0v) is 14.5. The molecule has 2 aliphatic rings. The standard InChI is InChI=1S/C18H24FN5O/c1-12-21-18(25-23-12)16-10-13(19)2-3-17(16)24-8-5-14(6-9-24)22-15-4-7-20-11-15/h2-3,10,14-15,20,22H,4-9,11H2,1H3. The average molecular weight is 345 g/mol. The molecule has 1 aromatic carbocycles. The number of nitrogens with one attached hydrogen (secondary N) is 2. The van der Waals surface area contributed by atoms with Crippen LogP contribution in [0.3, 0.4) is 0 Å². The minimum Gasteiger partial charge on any atom is -0.371 e. The minimum absolute atomic E-state index is 0.292. The third-order valence-electron chi connectivity index (χ3n) is 5.08. The number of piperidine rings is 1. The van der Waals surface area contributed by atoms with E-state index in [1.165, 1.54) is 18.6 Å². The van der Waals surface area contributed by atoms with Gasteiger partial charge in [-0.2, -0.15) is 4.98 Å². The van der Waals surface area contributed by atoms with Crippen LogP contribution in [0.5, 0.6) is 0 Å². The number of benzene rings is 1. The highest BCUT2D eigenvalue weighted by Crippen LogP contribution is 2.32. The second-order valence-electron chi connectivity index (χ2n) is 6.93. The smallest absolute Gasteiger partial charge is 0.260 e. The lowest BCUT2D eigenvalue weighted by Crippen LogP contribution is -2.47. The van der Waals surface area contributed by atoms with Crippen molar-refractivity contribution >= 4 is 5.69 Å². The maximum absolute atomic E-state index is 13.8. The van der Waals surface area contributed by atoms with Crippen molar-refractivity contribution in [2.75, 3.05) is 31.1 Å². The molecule has 0 bridgehead atoms. The van der Waals surface area contributed by atoms with Gasteiger partial charge >= 0.3 is 0 Å². The van der Waals surface area contributed by atoms with Gasteiger partial charge in [-0.1, -0.05) is 5.16 Å². The Labute approximate surface area is 146 Å². The van der Waals surface area contributed by atoms with Crippen LogP contribution in [-0.2, 0) is 0 Å². The molecule has 3 heterocycles. The summed E-state index contributed by atoms with van der Waals surface area (Å²) in [6.45, 7) is 5.81. The van der Waals surface area contributed by atoms with Crippen molar-refractivity contribution in [3.8, 4) is 11.5 Å². The monoisotopic (exact) mass is 345 g/mol. The maximum atomic E-state index is 13.8. The summed E-state index contributed by atoms with van der Waals surface area (Å²) < 4.78 is 19.0. The quantitative estimate of drug-likeness (QED) is 0.885. The summed E-state index contributed by atoms with van der Waals surface area (Å²) in [5.41, 5.74) is 1.64. The van der Waals surface area contributed by atoms with Gasteiger partial charge in [0.25, 0.3) is 5.89 Å². The summed E-state index contributed by atoms with van der Waals surface area (Å²) in [6, 6.07) is 5.95. The van der Waals surface area contributed by atoms with Crippen molar-refractivity contribution in [3.05, 3.63) is 29.8 Å². The van der Waals surface area contributed by atoms with E-state index in [-0.39, 0.29) is 5.82 Å². The average Bonchev–Trinajstić information content (AvgIpc) is 3.27. The number of anilines is 1. The number of aryl methyl sites for hydroxylation is 1. The molecule has 2 fully saturated rings. The number of halogens is 1. The van der Waals surface area contributed by atoms with E-state index >= 15 is 0 Å². The van der Waals surface area contributed by atoms with Crippen LogP contribution in [-0.4, -0.2) is 48.4 Å². The summed E-state index contributed by atoms with van der Waals surface area (Å²) in [5, 5.41) is 11.0. The van der Waals surface area contributed by atoms with Gasteiger partial charge in [0.05, 0.1) is 5.56 Å². The van der Waals surface area contributed by atoms with Crippen LogP contribution in [0.15, 0.2) is 22.7 Å². The van der Waals surface area contributed by atoms with Gasteiger partial charge in [0.2, 0.25) is 0 Å². The first-order chi connectivity index (χ1) is 12.2. The maximum Gasteiger partial charge on any atom is 0.260 e. The number of nitrogens with zero attached hydrogens (tertiary/aromatic N) is 3. The van der Waals surface area contributed by atoms with Crippen molar-refractivity contribution in [1.29, 1.82) is 0 Å². The molecule has 0 spiro atoms. The highest BCUT2D eigenvalue weighted by atomic mass is 19.1. The summed E-state index contributed by atoms with van der Waals surface area (Å²) in [7, 11) is 0. The third kappa shape index (κ3) is 3.67. The van der Waals surface area contributed by atoms with Gasteiger partial charge in [0.1, 0.15) is 5.82 Å². The third-order valence-corrected chi connectivity index (χ3v) is 5.08. The molecule has 2 N–H and O–H groups in total. The molecule has 6 nitrogen and oxygen atoms in total. The molecule has 2 aliphatic heterocycles. The van der Waals surface area contributed by atoms with Crippen LogP contribution < -0.4 is 15.5 Å². The van der Waals surface area contributed by atoms with Crippen LogP contribution in [0.25, 0.3) is 11.5 Å². The van der Waals surface area contributed by atoms with Gasteiger partial charge < -0.3 is 20.1 Å². The predicted molar refractivity (Wildman–Crippen MR) is 94.1 cm³/mol. The lowest BCUT2D eigenvalue weighted by atomic mass is 10.0. The fourth-order valence-corrected chi connectivity index (χ4v) is 3.78. The van der Waals surface area contributed by atoms with E-state index in [9.17, 15) is 4.39 Å². The van der Waals surface area contributed by atoms with Gasteiger partial charge in [-0.15, -0.1) is 0 Å². The first-order valence-corrected chi connectivity index (χ1v) is 9.01. The molecule has 0 amide bonds. The van der Waals surface area contributed by atoms with Crippen LogP contribution in [0, 0.1) is 12.7 Å². The second-order valence-corrected chi connectivity index (χ2v) is 6.93. The van der Waals surface area contributed by atoms with E-state index < -0.39 is 0 Å². The first kappa shape index (κ1) is 16.5. The number of hydrogen-bond acceptors (Lipinski definition) is 6. The van der Waals surface area contributed by atoms with E-state index in [4.69, 9.17) is 4.52 Å². The Balaban J connectivity index is 1.47. The van der Waals surface area contributed by atoms with E-state index in [0.29, 0.717) is 29.4 Å². The van der Waals surface area contributed by atoms with Gasteiger partial charge in [0.15, 0.2) is 5.82 Å². The molecule has 0 saturated carbocycles. The van der Waals surface area contributed by atoms with Crippen LogP contribution in [0.2, 0.25) is 0 Å². The first-order valence-electron chi connectivity index (χ1n) is 9.01. The van der Waals surface area contributed by atoms with E-state index in [0.717, 1.165) is 44.7 Å². The molecule has 0 radical (unpaired) electrons. The Bertz CT molecular complexity index is 720. The van der Waals surface area contributed by atoms with E-state index in [1.54, 1.807) is 6.92 Å². The van der Waals surface area contributed by atoms with Gasteiger partial charge in [0, 0.05) is 37.4 Å². The van der Waals surface area contributed by atoms with Gasteiger partial charge in [-0.05, 0) is 50.9 Å². The molecule has 134 valence electrons. The Kier molecular flexibility index (Phi) is 4.67. The van der Waals surface area contributed by atoms with Crippen LogP contribution in [0.1, 0.15) is 25.1 Å². The van der Waals surface area contributed by atoms with E-state index in [2.05, 4.69) is 25.7 Å². The minimum atomic E-state index is -0.292. The summed E-state index contributed by atoms with van der Waals surface area (Å²) in [6.07, 6.45) is 3.37. The number of rotatable bonds is 4. The summed E-state index contributed by atoms with van der Waals surface area (Å²) >= 11 is 0. The van der Waals surface area contributed by atoms with Gasteiger partial charge in [-0.25, -0.2) is 4.39 Å². The predicted octanol–water partition coefficient (Wildman–Crippen LogP) is 2.10. The summed E-state index contributed by atoms with van der Waals surface area (Å²) in [5.74, 6) is 0.641. The Morgan fingerprint density at radius 1 is 1.24 bits per heavy atom. The second kappa shape index (κ2) is 7.09. The number of hydrogen-bond donors (Lipinski definition) is 2. The number of aromatic nitrogens is 2. The Hall–Kier alpha value is -1.99. The van der Waals surface area contributed by atoms with Crippen molar-refractivity contribution in [2.24, 2.45) is 0 Å². The van der Waals surface area contributed by atoms with Crippen molar-refractivity contribution in [2.45, 2.75) is 38.3 Å². The molecule has 2 saturated heterocycles.